The van der Waals surface area contributed by atoms with E-state index in [-0.39, 0.29) is 38.1 Å². The van der Waals surface area contributed by atoms with Crippen molar-refractivity contribution in [3.8, 4) is 0 Å². The van der Waals surface area contributed by atoms with Crippen molar-refractivity contribution in [3.05, 3.63) is 31.2 Å². The van der Waals surface area contributed by atoms with Crippen LogP contribution in [0.1, 0.15) is 140 Å². The van der Waals surface area contributed by atoms with Gasteiger partial charge in [-0.2, -0.15) is 5.41 Å². The van der Waals surface area contributed by atoms with Gasteiger partial charge in [-0.05, 0) is 68.6 Å². The summed E-state index contributed by atoms with van der Waals surface area (Å²) in [5.41, 5.74) is 2.31. The first kappa shape index (κ1) is 37.1. The number of allylic oxidation sites excluding steroid dienone is 3. The van der Waals surface area contributed by atoms with Crippen LogP contribution in [-0.4, -0.2) is 0 Å². The topological polar surface area (TPSA) is 0 Å². The molecule has 1 radical (unpaired) electrons. The first-order valence-corrected chi connectivity index (χ1v) is 13.4. The fourth-order valence-electron chi connectivity index (χ4n) is 5.16. The summed E-state index contributed by atoms with van der Waals surface area (Å²) in [4.78, 5) is 0. The summed E-state index contributed by atoms with van der Waals surface area (Å²) in [7, 11) is 0. The first-order valence-electron chi connectivity index (χ1n) is 13.4. The molecule has 0 fully saturated rings. The molecule has 0 rings (SSSR count). The van der Waals surface area contributed by atoms with Crippen LogP contribution in [0.4, 0.5) is 0 Å². The molecule has 0 bridgehead atoms. The number of rotatable bonds is 15. The summed E-state index contributed by atoms with van der Waals surface area (Å²) >= 11 is 0. The second-order valence-corrected chi connectivity index (χ2v) is 11.6. The molecule has 0 nitrogen and oxygen atoms in total. The van der Waals surface area contributed by atoms with Gasteiger partial charge in [0, 0.05) is 32.7 Å². The maximum Gasteiger partial charge on any atom is 0 e. The van der Waals surface area contributed by atoms with Crippen LogP contribution < -0.4 is 0 Å². The maximum absolute atomic E-state index is 4.34. The average molecular weight is 523 g/mol. The van der Waals surface area contributed by atoms with Crippen molar-refractivity contribution in [2.75, 3.05) is 0 Å². The Hall–Kier alpha value is 0.584. The van der Waals surface area contributed by atoms with E-state index in [1.807, 2.05) is 6.92 Å². The molecule has 0 spiro atoms. The summed E-state index contributed by atoms with van der Waals surface area (Å²) in [6, 6.07) is 0. The van der Waals surface area contributed by atoms with Gasteiger partial charge in [0.05, 0.1) is 0 Å². The van der Waals surface area contributed by atoms with E-state index >= 15 is 0 Å². The SMILES string of the molecule is C=C(C)CC.[CH2-]C(C)(C)CCCC(C)(CCCC)C(C)(CC)C(CC)CC(C)C=CC.[Y]. The van der Waals surface area contributed by atoms with Gasteiger partial charge in [-0.15, -0.1) is 6.58 Å². The molecule has 0 aliphatic heterocycles. The summed E-state index contributed by atoms with van der Waals surface area (Å²) in [5, 5.41) is 0. The van der Waals surface area contributed by atoms with Crippen LogP contribution in [0, 0.1) is 35.0 Å². The van der Waals surface area contributed by atoms with Crippen LogP contribution in [-0.2, 0) is 32.7 Å². The largest absolute Gasteiger partial charge is 0.338 e. The van der Waals surface area contributed by atoms with Gasteiger partial charge in [0.15, 0.2) is 0 Å². The third-order valence-corrected chi connectivity index (χ3v) is 7.95. The first-order chi connectivity index (χ1) is 14.3. The van der Waals surface area contributed by atoms with E-state index in [0.717, 1.165) is 12.3 Å². The van der Waals surface area contributed by atoms with Crippen molar-refractivity contribution in [1.29, 1.82) is 0 Å². The van der Waals surface area contributed by atoms with Crippen LogP contribution >= 0.6 is 0 Å². The molecule has 0 aromatic heterocycles. The molecule has 4 atom stereocenters. The zero-order valence-corrected chi connectivity index (χ0v) is 27.2. The Balaban J connectivity index is -0.00000125. The van der Waals surface area contributed by atoms with Crippen LogP contribution in [0.25, 0.3) is 0 Å². The molecular formula is C31H61Y-. The molecule has 0 N–H and O–H groups in total. The Morgan fingerprint density at radius 1 is 0.969 bits per heavy atom. The normalized spacial score (nSPS) is 17.4. The summed E-state index contributed by atoms with van der Waals surface area (Å²) in [5.74, 6) is 1.48. The predicted octanol–water partition coefficient (Wildman–Crippen LogP) is 11.2. The maximum atomic E-state index is 4.34. The Morgan fingerprint density at radius 2 is 1.47 bits per heavy atom. The average Bonchev–Trinajstić information content (AvgIpc) is 2.69. The molecule has 0 aromatic carbocycles. The second-order valence-electron chi connectivity index (χ2n) is 11.6. The van der Waals surface area contributed by atoms with E-state index < -0.39 is 0 Å². The van der Waals surface area contributed by atoms with Crippen molar-refractivity contribution < 1.29 is 32.7 Å². The van der Waals surface area contributed by atoms with E-state index in [1.54, 1.807) is 0 Å². The monoisotopic (exact) mass is 522 g/mol. The van der Waals surface area contributed by atoms with Crippen molar-refractivity contribution in [2.45, 2.75) is 140 Å². The Morgan fingerprint density at radius 3 is 1.81 bits per heavy atom. The minimum Gasteiger partial charge on any atom is -0.338 e. The molecule has 0 aliphatic rings. The van der Waals surface area contributed by atoms with Gasteiger partial charge in [0.1, 0.15) is 0 Å². The van der Waals surface area contributed by atoms with Crippen LogP contribution in [0.5, 0.6) is 0 Å². The van der Waals surface area contributed by atoms with E-state index in [9.17, 15) is 0 Å². The fourth-order valence-corrected chi connectivity index (χ4v) is 5.16. The molecule has 0 saturated heterocycles. The van der Waals surface area contributed by atoms with Gasteiger partial charge in [0.2, 0.25) is 0 Å². The molecule has 32 heavy (non-hydrogen) atoms. The van der Waals surface area contributed by atoms with Gasteiger partial charge in [-0.25, -0.2) is 0 Å². The van der Waals surface area contributed by atoms with Crippen molar-refractivity contribution in [3.63, 3.8) is 0 Å². The van der Waals surface area contributed by atoms with E-state index in [0.29, 0.717) is 16.7 Å². The van der Waals surface area contributed by atoms with Crippen molar-refractivity contribution in [2.24, 2.45) is 28.1 Å². The van der Waals surface area contributed by atoms with Gasteiger partial charge in [0.25, 0.3) is 0 Å². The van der Waals surface area contributed by atoms with Crippen LogP contribution in [0.15, 0.2) is 24.3 Å². The molecular weight excluding hydrogens is 461 g/mol. The summed E-state index contributed by atoms with van der Waals surface area (Å²) in [6.07, 6.45) is 17.6. The fraction of sp³-hybridized carbons (Fsp3) is 0.839. The zero-order chi connectivity index (χ0) is 24.7. The van der Waals surface area contributed by atoms with E-state index in [4.69, 9.17) is 0 Å². The van der Waals surface area contributed by atoms with Gasteiger partial charge in [-0.1, -0.05) is 112 Å². The molecule has 0 heterocycles. The minimum absolute atomic E-state index is 0. The van der Waals surface area contributed by atoms with Crippen molar-refractivity contribution in [1.82, 2.24) is 0 Å². The Bertz CT molecular complexity index is 483. The third-order valence-electron chi connectivity index (χ3n) is 7.95. The van der Waals surface area contributed by atoms with Crippen LogP contribution in [0.3, 0.4) is 0 Å². The molecule has 189 valence electrons. The Labute approximate surface area is 231 Å². The molecule has 0 amide bonds. The Kier molecular flexibility index (Phi) is 21.9. The molecule has 0 aromatic rings. The molecule has 4 unspecified atom stereocenters. The number of hydrogen-bond donors (Lipinski definition) is 0. The quantitative estimate of drug-likeness (QED) is 0.148. The standard InChI is InChI=1S/C26H51.C5H10.Y/c1-11-15-19-25(9,20-16-18-24(6,7)8)26(10,14-4)23(13-3)21-22(5)17-12-2;1-4-5(2)3;/h12,17,22-23H,6,11,13-16,18-21H2,1-5,7-10H3;2,4H2,1,3H3;/q-1;;. The summed E-state index contributed by atoms with van der Waals surface area (Å²) in [6.45, 7) is 33.7. The molecule has 1 heteroatoms. The molecule has 0 saturated carbocycles. The van der Waals surface area contributed by atoms with Crippen LogP contribution in [0.2, 0.25) is 0 Å². The van der Waals surface area contributed by atoms with E-state index in [1.165, 1.54) is 63.4 Å². The minimum atomic E-state index is 0. The third kappa shape index (κ3) is 14.8. The number of unbranched alkanes of at least 4 members (excludes halogenated alkanes) is 1. The summed E-state index contributed by atoms with van der Waals surface area (Å²) < 4.78 is 0. The van der Waals surface area contributed by atoms with Crippen molar-refractivity contribution >= 4 is 0 Å². The number of hydrogen-bond acceptors (Lipinski definition) is 0. The van der Waals surface area contributed by atoms with E-state index in [2.05, 4.69) is 94.9 Å². The van der Waals surface area contributed by atoms with Gasteiger partial charge in [-0.3, -0.25) is 0 Å². The molecule has 0 aliphatic carbocycles. The zero-order valence-electron chi connectivity index (χ0n) is 24.4. The smallest absolute Gasteiger partial charge is 0 e. The second kappa shape index (κ2) is 18.9. The predicted molar refractivity (Wildman–Crippen MR) is 146 cm³/mol. The van der Waals surface area contributed by atoms with Gasteiger partial charge < -0.3 is 6.92 Å². The van der Waals surface area contributed by atoms with Gasteiger partial charge >= 0.3 is 0 Å².